The Balaban J connectivity index is 2.20. The van der Waals surface area contributed by atoms with Gasteiger partial charge in [0.05, 0.1) is 17.5 Å². The molecule has 1 unspecified atom stereocenters. The first-order chi connectivity index (χ1) is 9.06. The van der Waals surface area contributed by atoms with E-state index in [1.807, 2.05) is 11.4 Å². The minimum absolute atomic E-state index is 0.0214. The first-order valence-electron chi connectivity index (χ1n) is 6.24. The lowest BCUT2D eigenvalue weighted by Crippen LogP contribution is -2.37. The Morgan fingerprint density at radius 2 is 2.26 bits per heavy atom. The predicted octanol–water partition coefficient (Wildman–Crippen LogP) is 1.10. The Labute approximate surface area is 117 Å². The van der Waals surface area contributed by atoms with Crippen LogP contribution in [0.4, 0.5) is 0 Å². The zero-order valence-electron chi connectivity index (χ0n) is 11.3. The third kappa shape index (κ3) is 5.00. The van der Waals surface area contributed by atoms with Gasteiger partial charge in [0.2, 0.25) is 5.91 Å². The van der Waals surface area contributed by atoms with Crippen molar-refractivity contribution in [3.63, 3.8) is 0 Å². The molecule has 0 aliphatic heterocycles. The van der Waals surface area contributed by atoms with E-state index in [0.717, 1.165) is 0 Å². The Kier molecular flexibility index (Phi) is 6.52. The van der Waals surface area contributed by atoms with E-state index in [2.05, 4.69) is 5.32 Å². The number of aliphatic hydroxyl groups excluding tert-OH is 1. The summed E-state index contributed by atoms with van der Waals surface area (Å²) in [6, 6.07) is 3.42. The predicted molar refractivity (Wildman–Crippen MR) is 75.2 cm³/mol. The second-order valence-electron chi connectivity index (χ2n) is 4.37. The number of likely N-dealkylation sites (N-methyl/N-ethyl adjacent to an activating group) is 1. The van der Waals surface area contributed by atoms with E-state index >= 15 is 0 Å². The molecule has 0 aromatic carbocycles. The van der Waals surface area contributed by atoms with E-state index in [1.165, 1.54) is 16.2 Å². The number of carbonyl (C=O) groups is 2. The number of hydrogen-bond donors (Lipinski definition) is 2. The first kappa shape index (κ1) is 15.7. The smallest absolute Gasteiger partial charge is 0.261 e. The summed E-state index contributed by atoms with van der Waals surface area (Å²) < 4.78 is 0. The van der Waals surface area contributed by atoms with Crippen LogP contribution in [-0.4, -0.2) is 48.1 Å². The highest BCUT2D eigenvalue weighted by molar-refractivity contribution is 7.12. The molecule has 0 aliphatic carbocycles. The van der Waals surface area contributed by atoms with Gasteiger partial charge in [-0.1, -0.05) is 6.07 Å². The Hall–Kier alpha value is -1.40. The number of nitrogens with zero attached hydrogens (tertiary/aromatic N) is 1. The fourth-order valence-electron chi connectivity index (χ4n) is 1.48. The third-order valence-electron chi connectivity index (χ3n) is 2.92. The summed E-state index contributed by atoms with van der Waals surface area (Å²) in [4.78, 5) is 25.5. The summed E-state index contributed by atoms with van der Waals surface area (Å²) in [6.45, 7) is 2.22. The van der Waals surface area contributed by atoms with Crippen LogP contribution in [0.15, 0.2) is 17.5 Å². The summed E-state index contributed by atoms with van der Waals surface area (Å²) in [5, 5.41) is 13.6. The van der Waals surface area contributed by atoms with Crippen molar-refractivity contribution < 1.29 is 14.7 Å². The maximum Gasteiger partial charge on any atom is 0.261 e. The van der Waals surface area contributed by atoms with Gasteiger partial charge in [0, 0.05) is 20.0 Å². The molecule has 0 aliphatic rings. The Morgan fingerprint density at radius 1 is 1.53 bits per heavy atom. The largest absolute Gasteiger partial charge is 0.394 e. The Morgan fingerprint density at radius 3 is 2.84 bits per heavy atom. The zero-order valence-corrected chi connectivity index (χ0v) is 12.1. The first-order valence-corrected chi connectivity index (χ1v) is 7.12. The van der Waals surface area contributed by atoms with Crippen molar-refractivity contribution in [1.29, 1.82) is 0 Å². The maximum atomic E-state index is 11.7. The molecule has 0 saturated carbocycles. The van der Waals surface area contributed by atoms with Crippen molar-refractivity contribution in [2.24, 2.45) is 0 Å². The average molecular weight is 284 g/mol. The number of aliphatic hydroxyl groups is 1. The van der Waals surface area contributed by atoms with E-state index in [4.69, 9.17) is 5.11 Å². The molecule has 2 amide bonds. The number of rotatable bonds is 7. The molecule has 1 aromatic rings. The lowest BCUT2D eigenvalue weighted by atomic mass is 10.2. The van der Waals surface area contributed by atoms with E-state index in [1.54, 1.807) is 20.0 Å². The average Bonchev–Trinajstić information content (AvgIpc) is 2.95. The molecule has 0 bridgehead atoms. The summed E-state index contributed by atoms with van der Waals surface area (Å²) in [5.74, 6) is -0.119. The van der Waals surface area contributed by atoms with E-state index in [9.17, 15) is 9.59 Å². The van der Waals surface area contributed by atoms with Crippen LogP contribution in [-0.2, 0) is 4.79 Å². The van der Waals surface area contributed by atoms with Crippen LogP contribution in [0.5, 0.6) is 0 Å². The van der Waals surface area contributed by atoms with Gasteiger partial charge in [-0.3, -0.25) is 9.59 Å². The fraction of sp³-hybridized carbons (Fsp3) is 0.538. The van der Waals surface area contributed by atoms with Crippen LogP contribution < -0.4 is 5.32 Å². The quantitative estimate of drug-likeness (QED) is 0.737. The standard InChI is InChI=1S/C13H20N2O3S/c1-10(9-16)15(2)12(17)6-3-7-14-13(18)11-5-4-8-19-11/h4-5,8,10,16H,3,6-7,9H2,1-2H3,(H,14,18). The van der Waals surface area contributed by atoms with Crippen molar-refractivity contribution >= 4 is 23.2 Å². The van der Waals surface area contributed by atoms with Crippen LogP contribution in [0.2, 0.25) is 0 Å². The molecule has 19 heavy (non-hydrogen) atoms. The number of thiophene rings is 1. The molecular weight excluding hydrogens is 264 g/mol. The molecule has 1 aromatic heterocycles. The van der Waals surface area contributed by atoms with Gasteiger partial charge >= 0.3 is 0 Å². The highest BCUT2D eigenvalue weighted by Gasteiger charge is 2.14. The van der Waals surface area contributed by atoms with Crippen LogP contribution >= 0.6 is 11.3 Å². The monoisotopic (exact) mass is 284 g/mol. The fourth-order valence-corrected chi connectivity index (χ4v) is 2.12. The second-order valence-corrected chi connectivity index (χ2v) is 5.32. The van der Waals surface area contributed by atoms with Gasteiger partial charge in [-0.2, -0.15) is 0 Å². The summed E-state index contributed by atoms with van der Waals surface area (Å²) in [7, 11) is 1.67. The number of nitrogens with one attached hydrogen (secondary N) is 1. The summed E-state index contributed by atoms with van der Waals surface area (Å²) in [5.41, 5.74) is 0. The van der Waals surface area contributed by atoms with Crippen LogP contribution in [0.25, 0.3) is 0 Å². The van der Waals surface area contributed by atoms with Gasteiger partial charge in [0.1, 0.15) is 0 Å². The van der Waals surface area contributed by atoms with Crippen molar-refractivity contribution in [1.82, 2.24) is 10.2 Å². The van der Waals surface area contributed by atoms with Crippen molar-refractivity contribution in [3.05, 3.63) is 22.4 Å². The van der Waals surface area contributed by atoms with Crippen LogP contribution in [0.1, 0.15) is 29.4 Å². The molecule has 0 spiro atoms. The molecular formula is C13H20N2O3S. The Bertz CT molecular complexity index is 406. The normalized spacial score (nSPS) is 11.9. The van der Waals surface area contributed by atoms with E-state index in [-0.39, 0.29) is 24.5 Å². The molecule has 1 atom stereocenters. The van der Waals surface area contributed by atoms with Crippen LogP contribution in [0.3, 0.4) is 0 Å². The van der Waals surface area contributed by atoms with Crippen molar-refractivity contribution in [2.45, 2.75) is 25.8 Å². The lowest BCUT2D eigenvalue weighted by molar-refractivity contribution is -0.132. The minimum Gasteiger partial charge on any atom is -0.394 e. The highest BCUT2D eigenvalue weighted by Crippen LogP contribution is 2.07. The molecule has 0 radical (unpaired) electrons. The molecule has 6 heteroatoms. The summed E-state index contributed by atoms with van der Waals surface area (Å²) in [6.07, 6.45) is 0.962. The SMILES string of the molecule is CC(CO)N(C)C(=O)CCCNC(=O)c1cccs1. The van der Waals surface area contributed by atoms with Crippen molar-refractivity contribution in [2.75, 3.05) is 20.2 Å². The number of carbonyl (C=O) groups excluding carboxylic acids is 2. The maximum absolute atomic E-state index is 11.7. The molecule has 106 valence electrons. The molecule has 1 heterocycles. The molecule has 0 fully saturated rings. The van der Waals surface area contributed by atoms with Gasteiger partial charge in [-0.15, -0.1) is 11.3 Å². The van der Waals surface area contributed by atoms with Gasteiger partial charge < -0.3 is 15.3 Å². The highest BCUT2D eigenvalue weighted by atomic mass is 32.1. The molecule has 0 saturated heterocycles. The summed E-state index contributed by atoms with van der Waals surface area (Å²) >= 11 is 1.39. The van der Waals surface area contributed by atoms with Gasteiger partial charge in [-0.05, 0) is 24.8 Å². The second kappa shape index (κ2) is 7.91. The van der Waals surface area contributed by atoms with Crippen LogP contribution in [0, 0.1) is 0 Å². The molecule has 1 rings (SSSR count). The van der Waals surface area contributed by atoms with E-state index in [0.29, 0.717) is 24.3 Å². The van der Waals surface area contributed by atoms with E-state index < -0.39 is 0 Å². The third-order valence-corrected chi connectivity index (χ3v) is 3.79. The van der Waals surface area contributed by atoms with Gasteiger partial charge in [-0.25, -0.2) is 0 Å². The minimum atomic E-state index is -0.173. The van der Waals surface area contributed by atoms with Gasteiger partial charge in [0.25, 0.3) is 5.91 Å². The zero-order chi connectivity index (χ0) is 14.3. The topological polar surface area (TPSA) is 69.6 Å². The molecule has 2 N–H and O–H groups in total. The van der Waals surface area contributed by atoms with Gasteiger partial charge in [0.15, 0.2) is 0 Å². The number of hydrogen-bond acceptors (Lipinski definition) is 4. The number of amides is 2. The molecule has 5 nitrogen and oxygen atoms in total. The lowest BCUT2D eigenvalue weighted by Gasteiger charge is -2.23. The van der Waals surface area contributed by atoms with Crippen molar-refractivity contribution in [3.8, 4) is 0 Å².